The van der Waals surface area contributed by atoms with E-state index >= 15 is 0 Å². The summed E-state index contributed by atoms with van der Waals surface area (Å²) in [4.78, 5) is 16.5. The number of nitrogens with one attached hydrogen (secondary N) is 1. The quantitative estimate of drug-likeness (QED) is 0.523. The zero-order valence-electron chi connectivity index (χ0n) is 10.9. The molecule has 2 heterocycles. The number of hydrogen-bond donors (Lipinski definition) is 1. The fourth-order valence-electron chi connectivity index (χ4n) is 2.58. The molecular formula is C13H14N6O. The van der Waals surface area contributed by atoms with Crippen LogP contribution in [0.15, 0.2) is 29.5 Å². The van der Waals surface area contributed by atoms with E-state index < -0.39 is 0 Å². The van der Waals surface area contributed by atoms with Gasteiger partial charge in [0.2, 0.25) is 5.91 Å². The van der Waals surface area contributed by atoms with Crippen LogP contribution in [-0.4, -0.2) is 34.1 Å². The van der Waals surface area contributed by atoms with E-state index in [-0.39, 0.29) is 11.8 Å². The Labute approximate surface area is 115 Å². The number of amides is 1. The monoisotopic (exact) mass is 270 g/mol. The Balaban J connectivity index is 1.70. The van der Waals surface area contributed by atoms with Gasteiger partial charge in [-0.25, -0.2) is 0 Å². The summed E-state index contributed by atoms with van der Waals surface area (Å²) in [6.45, 7) is 1.62. The Morgan fingerprint density at radius 2 is 2.45 bits per heavy atom. The van der Waals surface area contributed by atoms with Gasteiger partial charge in [0.05, 0.1) is 11.7 Å². The van der Waals surface area contributed by atoms with Crippen molar-refractivity contribution in [3.05, 3.63) is 40.4 Å². The zero-order chi connectivity index (χ0) is 13.9. The van der Waals surface area contributed by atoms with Crippen LogP contribution in [0.1, 0.15) is 12.0 Å². The van der Waals surface area contributed by atoms with Gasteiger partial charge in [0, 0.05) is 36.4 Å². The number of fused-ring (bicyclic) bond motifs is 1. The van der Waals surface area contributed by atoms with Gasteiger partial charge in [0.15, 0.2) is 0 Å². The van der Waals surface area contributed by atoms with Crippen molar-refractivity contribution in [1.29, 1.82) is 0 Å². The number of carbonyl (C=O) groups is 1. The maximum atomic E-state index is 11.9. The number of benzene rings is 1. The summed E-state index contributed by atoms with van der Waals surface area (Å²) >= 11 is 0. The molecule has 7 heteroatoms. The first kappa shape index (κ1) is 12.5. The number of carbonyl (C=O) groups excluding carboxylic acids is 1. The largest absolute Gasteiger partial charge is 0.338 e. The van der Waals surface area contributed by atoms with E-state index in [1.165, 1.54) is 0 Å². The predicted octanol–water partition coefficient (Wildman–Crippen LogP) is 2.22. The summed E-state index contributed by atoms with van der Waals surface area (Å²) in [7, 11) is 0. The maximum Gasteiger partial charge on any atom is 0.223 e. The second-order valence-corrected chi connectivity index (χ2v) is 5.05. The summed E-state index contributed by atoms with van der Waals surface area (Å²) in [5, 5.41) is 11.5. The normalized spacial score (nSPS) is 18.5. The summed E-state index contributed by atoms with van der Waals surface area (Å²) in [5.41, 5.74) is 10.4. The molecule has 20 heavy (non-hydrogen) atoms. The minimum Gasteiger partial charge on any atom is -0.338 e. The SMILES string of the molecule is [N-]=[N+]=NCC1CC(=O)N(Cc2ccc3cn[nH]c3c2)C1. The van der Waals surface area contributed by atoms with Crippen molar-refractivity contribution in [2.75, 3.05) is 13.1 Å². The second-order valence-electron chi connectivity index (χ2n) is 5.05. The highest BCUT2D eigenvalue weighted by atomic mass is 16.2. The molecule has 1 amide bonds. The van der Waals surface area contributed by atoms with Crippen molar-refractivity contribution < 1.29 is 4.79 Å². The highest BCUT2D eigenvalue weighted by Gasteiger charge is 2.28. The molecule has 0 aliphatic carbocycles. The Morgan fingerprint density at radius 1 is 1.55 bits per heavy atom. The Kier molecular flexibility index (Phi) is 3.26. The van der Waals surface area contributed by atoms with Crippen molar-refractivity contribution in [2.24, 2.45) is 11.0 Å². The molecule has 1 atom stereocenters. The molecule has 0 bridgehead atoms. The molecule has 102 valence electrons. The van der Waals surface area contributed by atoms with Crippen LogP contribution in [-0.2, 0) is 11.3 Å². The van der Waals surface area contributed by atoms with Crippen LogP contribution >= 0.6 is 0 Å². The molecule has 1 aromatic heterocycles. The molecule has 1 fully saturated rings. The smallest absolute Gasteiger partial charge is 0.223 e. The summed E-state index contributed by atoms with van der Waals surface area (Å²) < 4.78 is 0. The average Bonchev–Trinajstić information content (AvgIpc) is 3.03. The topological polar surface area (TPSA) is 97.8 Å². The van der Waals surface area contributed by atoms with E-state index in [0.717, 1.165) is 16.5 Å². The maximum absolute atomic E-state index is 11.9. The van der Waals surface area contributed by atoms with Gasteiger partial charge >= 0.3 is 0 Å². The van der Waals surface area contributed by atoms with Crippen LogP contribution in [0.25, 0.3) is 21.3 Å². The van der Waals surface area contributed by atoms with Gasteiger partial charge in [-0.2, -0.15) is 5.10 Å². The van der Waals surface area contributed by atoms with Gasteiger partial charge < -0.3 is 4.90 Å². The van der Waals surface area contributed by atoms with Crippen molar-refractivity contribution in [1.82, 2.24) is 15.1 Å². The number of azide groups is 1. The van der Waals surface area contributed by atoms with E-state index in [1.54, 1.807) is 6.20 Å². The Bertz CT molecular complexity index is 687. The minimum absolute atomic E-state index is 0.118. The number of nitrogens with zero attached hydrogens (tertiary/aromatic N) is 5. The molecule has 7 nitrogen and oxygen atoms in total. The number of rotatable bonds is 4. The lowest BCUT2D eigenvalue weighted by molar-refractivity contribution is -0.128. The predicted molar refractivity (Wildman–Crippen MR) is 73.6 cm³/mol. The van der Waals surface area contributed by atoms with E-state index in [2.05, 4.69) is 20.2 Å². The molecule has 0 spiro atoms. The van der Waals surface area contributed by atoms with Gasteiger partial charge in [-0.05, 0) is 23.1 Å². The number of hydrogen-bond acceptors (Lipinski definition) is 3. The van der Waals surface area contributed by atoms with E-state index in [1.807, 2.05) is 23.1 Å². The standard InChI is InChI=1S/C13H14N6O/c14-18-16-5-10-4-13(20)19(8-10)7-9-1-2-11-6-15-17-12(11)3-9/h1-3,6,10H,4-5,7-8H2,(H,15,17). The van der Waals surface area contributed by atoms with E-state index in [9.17, 15) is 4.79 Å². The molecule has 1 unspecified atom stereocenters. The second kappa shape index (κ2) is 5.22. The van der Waals surface area contributed by atoms with E-state index in [4.69, 9.17) is 5.53 Å². The first-order chi connectivity index (χ1) is 9.76. The van der Waals surface area contributed by atoms with Crippen LogP contribution in [0, 0.1) is 5.92 Å². The fraction of sp³-hybridized carbons (Fsp3) is 0.385. The Hall–Kier alpha value is -2.53. The van der Waals surface area contributed by atoms with Crippen LogP contribution in [0.4, 0.5) is 0 Å². The Morgan fingerprint density at radius 3 is 3.30 bits per heavy atom. The lowest BCUT2D eigenvalue weighted by atomic mass is 10.1. The molecule has 1 N–H and O–H groups in total. The van der Waals surface area contributed by atoms with Crippen molar-refractivity contribution >= 4 is 16.8 Å². The van der Waals surface area contributed by atoms with Crippen LogP contribution in [0.2, 0.25) is 0 Å². The van der Waals surface area contributed by atoms with E-state index in [0.29, 0.717) is 26.1 Å². The molecular weight excluding hydrogens is 256 g/mol. The molecule has 0 radical (unpaired) electrons. The third-order valence-corrected chi connectivity index (χ3v) is 3.58. The van der Waals surface area contributed by atoms with Gasteiger partial charge in [-0.1, -0.05) is 17.2 Å². The number of likely N-dealkylation sites (tertiary alicyclic amines) is 1. The first-order valence-electron chi connectivity index (χ1n) is 6.47. The summed E-state index contributed by atoms with van der Waals surface area (Å²) in [6.07, 6.45) is 2.24. The average molecular weight is 270 g/mol. The van der Waals surface area contributed by atoms with Crippen LogP contribution < -0.4 is 0 Å². The number of H-pyrrole nitrogens is 1. The highest BCUT2D eigenvalue weighted by Crippen LogP contribution is 2.22. The zero-order valence-corrected chi connectivity index (χ0v) is 10.9. The third kappa shape index (κ3) is 2.44. The minimum atomic E-state index is 0.118. The van der Waals surface area contributed by atoms with Crippen LogP contribution in [0.3, 0.4) is 0 Å². The molecule has 1 saturated heterocycles. The first-order valence-corrected chi connectivity index (χ1v) is 6.47. The summed E-state index contributed by atoms with van der Waals surface area (Å²) in [6, 6.07) is 6.01. The molecule has 1 aliphatic heterocycles. The van der Waals surface area contributed by atoms with Gasteiger partial charge in [-0.3, -0.25) is 9.89 Å². The van der Waals surface area contributed by atoms with Gasteiger partial charge in [0.25, 0.3) is 0 Å². The molecule has 0 saturated carbocycles. The van der Waals surface area contributed by atoms with Crippen LogP contribution in [0.5, 0.6) is 0 Å². The number of aromatic amines is 1. The molecule has 1 aliphatic rings. The third-order valence-electron chi connectivity index (χ3n) is 3.58. The highest BCUT2D eigenvalue weighted by molar-refractivity contribution is 5.80. The molecule has 1 aromatic carbocycles. The van der Waals surface area contributed by atoms with Gasteiger partial charge in [-0.15, -0.1) is 0 Å². The van der Waals surface area contributed by atoms with Crippen molar-refractivity contribution in [2.45, 2.75) is 13.0 Å². The van der Waals surface area contributed by atoms with Gasteiger partial charge in [0.1, 0.15) is 0 Å². The number of aromatic nitrogens is 2. The lowest BCUT2D eigenvalue weighted by Crippen LogP contribution is -2.24. The molecule has 2 aromatic rings. The van der Waals surface area contributed by atoms with Crippen molar-refractivity contribution in [3.63, 3.8) is 0 Å². The molecule has 3 rings (SSSR count). The lowest BCUT2D eigenvalue weighted by Gasteiger charge is -2.16. The van der Waals surface area contributed by atoms with Crippen molar-refractivity contribution in [3.8, 4) is 0 Å². The summed E-state index contributed by atoms with van der Waals surface area (Å²) in [5.74, 6) is 0.252. The fourth-order valence-corrected chi connectivity index (χ4v) is 2.58.